The molecule has 3 aromatic rings. The average molecular weight is 321 g/mol. The van der Waals surface area contributed by atoms with Gasteiger partial charge in [0, 0.05) is 35.5 Å². The quantitative estimate of drug-likeness (QED) is 0.480. The van der Waals surface area contributed by atoms with E-state index in [2.05, 4.69) is 47.7 Å². The zero-order valence-electron chi connectivity index (χ0n) is 11.7. The Bertz CT molecular complexity index is 746. The second-order valence-corrected chi connectivity index (χ2v) is 5.29. The van der Waals surface area contributed by atoms with Crippen LogP contribution < -0.4 is 23.2 Å². The molecule has 0 N–H and O–H groups in total. The van der Waals surface area contributed by atoms with Crippen LogP contribution in [0.3, 0.4) is 0 Å². The van der Waals surface area contributed by atoms with Crippen molar-refractivity contribution < 1.29 is 33.4 Å². The summed E-state index contributed by atoms with van der Waals surface area (Å²) in [4.78, 5) is 4.30. The van der Waals surface area contributed by atoms with E-state index < -0.39 is 10.2 Å². The number of hydrogen-bond acceptors (Lipinski definition) is 5. The number of benzene rings is 1. The number of aromatic nitrogens is 2. The summed E-state index contributed by atoms with van der Waals surface area (Å²) in [6.45, 7) is 0. The van der Waals surface area contributed by atoms with Gasteiger partial charge in [-0.1, -0.05) is 24.3 Å². The zero-order chi connectivity index (χ0) is 16.2. The fraction of sp³-hybridized carbons (Fsp3) is 0.0667. The smallest absolute Gasteiger partial charge is 0.169 e. The average Bonchev–Trinajstić information content (AvgIpc) is 2.46. The third-order valence-corrected chi connectivity index (χ3v) is 2.96. The molecule has 22 heavy (non-hydrogen) atoms. The SMILES string of the molecule is C[n+]1ccc(-c2cncc3ccccc23)cc1.[O-][Cl+3]([O-])([O-])[O-]. The molecule has 0 bridgehead atoms. The number of aryl methyl sites for hydroxylation is 1. The Hall–Kier alpha value is -2.09. The Morgan fingerprint density at radius 3 is 2.14 bits per heavy atom. The van der Waals surface area contributed by atoms with Crippen molar-refractivity contribution in [1.29, 1.82) is 0 Å². The van der Waals surface area contributed by atoms with E-state index in [-0.39, 0.29) is 0 Å². The van der Waals surface area contributed by atoms with Gasteiger partial charge in [0.15, 0.2) is 12.4 Å². The van der Waals surface area contributed by atoms with Crippen molar-refractivity contribution in [3.05, 3.63) is 61.2 Å². The lowest BCUT2D eigenvalue weighted by Gasteiger charge is -2.17. The van der Waals surface area contributed by atoms with Crippen molar-refractivity contribution in [3.63, 3.8) is 0 Å². The van der Waals surface area contributed by atoms with E-state index in [4.69, 9.17) is 18.6 Å². The largest absolute Gasteiger partial charge is 0.263 e. The van der Waals surface area contributed by atoms with Crippen molar-refractivity contribution in [2.75, 3.05) is 0 Å². The van der Waals surface area contributed by atoms with Crippen LogP contribution in [0.1, 0.15) is 0 Å². The molecule has 0 radical (unpaired) electrons. The molecular formula is C15H13ClN2O4. The fourth-order valence-corrected chi connectivity index (χ4v) is 2.03. The first kappa shape index (κ1) is 16.3. The summed E-state index contributed by atoms with van der Waals surface area (Å²) in [5, 5.41) is 2.43. The van der Waals surface area contributed by atoms with Crippen LogP contribution in [-0.2, 0) is 7.05 Å². The van der Waals surface area contributed by atoms with Gasteiger partial charge in [-0.3, -0.25) is 4.98 Å². The maximum absolute atomic E-state index is 8.49. The molecule has 0 saturated heterocycles. The predicted molar refractivity (Wildman–Crippen MR) is 68.4 cm³/mol. The molecule has 6 nitrogen and oxygen atoms in total. The standard InChI is InChI=1S/C15H13N2.ClHO4/c1-17-8-6-12(7-9-17)15-11-16-10-13-4-2-3-5-14(13)15;2-1(3,4)5/h2-11H,1H3;(H,2,3,4,5)/q+1;/p-1. The van der Waals surface area contributed by atoms with Gasteiger partial charge in [0.25, 0.3) is 0 Å². The highest BCUT2D eigenvalue weighted by atomic mass is 35.7. The number of hydrogen-bond donors (Lipinski definition) is 0. The van der Waals surface area contributed by atoms with E-state index >= 15 is 0 Å². The zero-order valence-corrected chi connectivity index (χ0v) is 12.4. The third-order valence-electron chi connectivity index (χ3n) is 2.96. The van der Waals surface area contributed by atoms with Crippen molar-refractivity contribution in [2.45, 2.75) is 0 Å². The van der Waals surface area contributed by atoms with E-state index in [0.29, 0.717) is 0 Å². The number of fused-ring (bicyclic) bond motifs is 1. The van der Waals surface area contributed by atoms with Crippen LogP contribution in [0.15, 0.2) is 61.2 Å². The van der Waals surface area contributed by atoms with E-state index in [1.807, 2.05) is 30.1 Å². The van der Waals surface area contributed by atoms with Crippen molar-refractivity contribution in [1.82, 2.24) is 4.98 Å². The first-order valence-electron chi connectivity index (χ1n) is 6.25. The molecular weight excluding hydrogens is 308 g/mol. The van der Waals surface area contributed by atoms with Crippen LogP contribution in [0.2, 0.25) is 0 Å². The minimum absolute atomic E-state index is 1.18. The minimum Gasteiger partial charge on any atom is -0.263 e. The summed E-state index contributed by atoms with van der Waals surface area (Å²) >= 11 is 0. The van der Waals surface area contributed by atoms with E-state index in [1.165, 1.54) is 21.9 Å². The summed E-state index contributed by atoms with van der Waals surface area (Å²) in [7, 11) is -2.93. The molecule has 3 rings (SSSR count). The van der Waals surface area contributed by atoms with Crippen molar-refractivity contribution in [3.8, 4) is 11.1 Å². The van der Waals surface area contributed by atoms with Gasteiger partial charge in [-0.2, -0.15) is 0 Å². The highest BCUT2D eigenvalue weighted by Crippen LogP contribution is 2.26. The Balaban J connectivity index is 0.000000309. The molecule has 0 atom stereocenters. The molecule has 114 valence electrons. The van der Waals surface area contributed by atoms with Crippen molar-refractivity contribution >= 4 is 10.8 Å². The summed E-state index contributed by atoms with van der Waals surface area (Å²) in [5.41, 5.74) is 2.39. The maximum atomic E-state index is 8.49. The minimum atomic E-state index is -4.94. The van der Waals surface area contributed by atoms with Gasteiger partial charge in [0.1, 0.15) is 7.05 Å². The van der Waals surface area contributed by atoms with Gasteiger partial charge < -0.3 is 0 Å². The van der Waals surface area contributed by atoms with Gasteiger partial charge in [0.2, 0.25) is 0 Å². The Kier molecular flexibility index (Phi) is 5.02. The molecule has 0 aliphatic heterocycles. The molecule has 0 aliphatic carbocycles. The van der Waals surface area contributed by atoms with Gasteiger partial charge in [-0.05, 0) is 10.9 Å². The van der Waals surface area contributed by atoms with E-state index in [9.17, 15) is 0 Å². The maximum Gasteiger partial charge on any atom is 0.169 e. The fourth-order valence-electron chi connectivity index (χ4n) is 2.03. The molecule has 0 saturated carbocycles. The lowest BCUT2D eigenvalue weighted by atomic mass is 10.0. The second-order valence-electron chi connectivity index (χ2n) is 4.54. The Morgan fingerprint density at radius 1 is 0.909 bits per heavy atom. The van der Waals surface area contributed by atoms with Crippen molar-refractivity contribution in [2.24, 2.45) is 7.05 Å². The topological polar surface area (TPSA) is 109 Å². The Morgan fingerprint density at radius 2 is 1.50 bits per heavy atom. The van der Waals surface area contributed by atoms with Crippen LogP contribution in [0.4, 0.5) is 0 Å². The molecule has 0 aliphatic rings. The summed E-state index contributed by atoms with van der Waals surface area (Å²) in [6, 6.07) is 12.6. The van der Waals surface area contributed by atoms with Crippen LogP contribution in [0, 0.1) is 10.2 Å². The number of halogens is 1. The van der Waals surface area contributed by atoms with E-state index in [1.54, 1.807) is 0 Å². The second kappa shape index (κ2) is 6.78. The van der Waals surface area contributed by atoms with Gasteiger partial charge >= 0.3 is 0 Å². The Labute approximate surface area is 129 Å². The lowest BCUT2D eigenvalue weighted by molar-refractivity contribution is -2.00. The van der Waals surface area contributed by atoms with E-state index in [0.717, 1.165) is 0 Å². The highest BCUT2D eigenvalue weighted by molar-refractivity contribution is 5.95. The van der Waals surface area contributed by atoms with Crippen LogP contribution in [0.5, 0.6) is 0 Å². The highest BCUT2D eigenvalue weighted by Gasteiger charge is 2.04. The predicted octanol–water partition coefficient (Wildman–Crippen LogP) is -2.03. The molecule has 0 unspecified atom stereocenters. The summed E-state index contributed by atoms with van der Waals surface area (Å²) in [6.07, 6.45) is 7.94. The summed E-state index contributed by atoms with van der Waals surface area (Å²) in [5.74, 6) is 0. The molecule has 0 fully saturated rings. The van der Waals surface area contributed by atoms with Crippen LogP contribution in [-0.4, -0.2) is 4.98 Å². The van der Waals surface area contributed by atoms with Gasteiger partial charge in [-0.25, -0.2) is 23.2 Å². The van der Waals surface area contributed by atoms with Gasteiger partial charge in [0.05, 0.1) is 0 Å². The molecule has 2 heterocycles. The van der Waals surface area contributed by atoms with Crippen LogP contribution in [0.25, 0.3) is 21.9 Å². The molecule has 7 heteroatoms. The molecule has 0 amide bonds. The third kappa shape index (κ3) is 4.73. The number of nitrogens with zero attached hydrogens (tertiary/aromatic N) is 2. The summed E-state index contributed by atoms with van der Waals surface area (Å²) < 4.78 is 36.0. The van der Waals surface area contributed by atoms with Gasteiger partial charge in [-0.15, -0.1) is 10.2 Å². The first-order valence-corrected chi connectivity index (χ1v) is 7.48. The molecule has 2 aromatic heterocycles. The normalized spacial score (nSPS) is 11.0. The lowest BCUT2D eigenvalue weighted by Crippen LogP contribution is -2.68. The number of rotatable bonds is 1. The molecule has 1 aromatic carbocycles. The first-order chi connectivity index (χ1) is 10.3. The van der Waals surface area contributed by atoms with Crippen LogP contribution >= 0.6 is 0 Å². The molecule has 0 spiro atoms. The number of pyridine rings is 2. The monoisotopic (exact) mass is 320 g/mol.